The van der Waals surface area contributed by atoms with Gasteiger partial charge in [0.05, 0.1) is 18.8 Å². The Balaban J connectivity index is 1.61. The van der Waals surface area contributed by atoms with E-state index in [1.807, 2.05) is 17.9 Å². The SMILES string of the molecule is CCNC(=NCC(c1cnn(C)c1)N(C)C)N1CCC(CN2CCCC2)C1. The van der Waals surface area contributed by atoms with Crippen molar-refractivity contribution in [2.45, 2.75) is 32.2 Å². The topological polar surface area (TPSA) is 51.9 Å². The van der Waals surface area contributed by atoms with E-state index in [1.54, 1.807) is 0 Å². The fraction of sp³-hybridized carbons (Fsp3) is 0.800. The average Bonchev–Trinajstić information content (AvgIpc) is 3.37. The molecule has 0 radical (unpaired) electrons. The number of nitrogens with one attached hydrogen (secondary N) is 1. The molecule has 0 amide bonds. The Labute approximate surface area is 164 Å². The zero-order valence-corrected chi connectivity index (χ0v) is 17.6. The van der Waals surface area contributed by atoms with Crippen molar-refractivity contribution in [2.24, 2.45) is 18.0 Å². The number of hydrogen-bond donors (Lipinski definition) is 1. The lowest BCUT2D eigenvalue weighted by Gasteiger charge is -2.25. The molecule has 152 valence electrons. The van der Waals surface area contributed by atoms with Crippen LogP contribution in [0.1, 0.15) is 37.8 Å². The molecule has 0 aromatic carbocycles. The van der Waals surface area contributed by atoms with Gasteiger partial charge in [0.2, 0.25) is 0 Å². The number of hydrogen-bond acceptors (Lipinski definition) is 4. The molecule has 2 fully saturated rings. The molecule has 27 heavy (non-hydrogen) atoms. The van der Waals surface area contributed by atoms with E-state index in [2.05, 4.69) is 52.3 Å². The van der Waals surface area contributed by atoms with E-state index in [1.165, 1.54) is 44.5 Å². The van der Waals surface area contributed by atoms with Gasteiger partial charge in [0.25, 0.3) is 0 Å². The Kier molecular flexibility index (Phi) is 7.13. The van der Waals surface area contributed by atoms with Crippen molar-refractivity contribution < 1.29 is 0 Å². The minimum Gasteiger partial charge on any atom is -0.357 e. The predicted molar refractivity (Wildman–Crippen MR) is 111 cm³/mol. The third kappa shape index (κ3) is 5.45. The summed E-state index contributed by atoms with van der Waals surface area (Å²) in [4.78, 5) is 12.3. The van der Waals surface area contributed by atoms with Crippen LogP contribution in [0.5, 0.6) is 0 Å². The molecule has 3 rings (SSSR count). The van der Waals surface area contributed by atoms with Gasteiger partial charge < -0.3 is 20.0 Å². The highest BCUT2D eigenvalue weighted by molar-refractivity contribution is 5.80. The number of guanidine groups is 1. The highest BCUT2D eigenvalue weighted by Gasteiger charge is 2.27. The molecule has 0 spiro atoms. The van der Waals surface area contributed by atoms with E-state index in [0.29, 0.717) is 0 Å². The number of likely N-dealkylation sites (N-methyl/N-ethyl adjacent to an activating group) is 1. The molecule has 1 N–H and O–H groups in total. The van der Waals surface area contributed by atoms with Crippen LogP contribution in [-0.4, -0.2) is 90.3 Å². The molecule has 7 nitrogen and oxygen atoms in total. The minimum atomic E-state index is 0.246. The second-order valence-corrected chi connectivity index (χ2v) is 8.23. The van der Waals surface area contributed by atoms with E-state index in [-0.39, 0.29) is 6.04 Å². The van der Waals surface area contributed by atoms with Crippen LogP contribution in [0.2, 0.25) is 0 Å². The number of aryl methyl sites for hydroxylation is 1. The molecule has 3 heterocycles. The number of likely N-dealkylation sites (tertiary alicyclic amines) is 2. The summed E-state index contributed by atoms with van der Waals surface area (Å²) in [5.41, 5.74) is 1.22. The number of aromatic nitrogens is 2. The highest BCUT2D eigenvalue weighted by atomic mass is 15.3. The van der Waals surface area contributed by atoms with Crippen molar-refractivity contribution in [2.75, 3.05) is 59.9 Å². The molecule has 1 aromatic heterocycles. The van der Waals surface area contributed by atoms with Crippen molar-refractivity contribution in [1.82, 2.24) is 29.8 Å². The van der Waals surface area contributed by atoms with Crippen LogP contribution in [0.4, 0.5) is 0 Å². The number of nitrogens with zero attached hydrogens (tertiary/aromatic N) is 6. The van der Waals surface area contributed by atoms with E-state index in [0.717, 1.165) is 38.1 Å². The van der Waals surface area contributed by atoms with Crippen LogP contribution >= 0.6 is 0 Å². The van der Waals surface area contributed by atoms with Crippen LogP contribution < -0.4 is 5.32 Å². The first-order chi connectivity index (χ1) is 13.1. The van der Waals surface area contributed by atoms with Crippen LogP contribution in [0.3, 0.4) is 0 Å². The average molecular weight is 376 g/mol. The van der Waals surface area contributed by atoms with Gasteiger partial charge in [-0.15, -0.1) is 0 Å². The molecule has 0 saturated carbocycles. The van der Waals surface area contributed by atoms with Crippen LogP contribution in [0.15, 0.2) is 17.4 Å². The maximum absolute atomic E-state index is 5.01. The summed E-state index contributed by atoms with van der Waals surface area (Å²) in [6, 6.07) is 0.246. The summed E-state index contributed by atoms with van der Waals surface area (Å²) in [5.74, 6) is 1.84. The van der Waals surface area contributed by atoms with Gasteiger partial charge in [0.15, 0.2) is 5.96 Å². The summed E-state index contributed by atoms with van der Waals surface area (Å²) >= 11 is 0. The van der Waals surface area contributed by atoms with E-state index < -0.39 is 0 Å². The lowest BCUT2D eigenvalue weighted by Crippen LogP contribution is -2.41. The predicted octanol–water partition coefficient (Wildman–Crippen LogP) is 1.41. The first kappa shape index (κ1) is 20.1. The van der Waals surface area contributed by atoms with Gasteiger partial charge in [0.1, 0.15) is 0 Å². The first-order valence-corrected chi connectivity index (χ1v) is 10.5. The summed E-state index contributed by atoms with van der Waals surface area (Å²) in [6.07, 6.45) is 8.08. The molecule has 0 aliphatic carbocycles. The fourth-order valence-corrected chi connectivity index (χ4v) is 4.28. The first-order valence-electron chi connectivity index (χ1n) is 10.5. The van der Waals surface area contributed by atoms with Crippen molar-refractivity contribution in [1.29, 1.82) is 0 Å². The Hall–Kier alpha value is -1.60. The minimum absolute atomic E-state index is 0.246. The van der Waals surface area contributed by atoms with Gasteiger partial charge in [0, 0.05) is 45.0 Å². The Morgan fingerprint density at radius 2 is 2.11 bits per heavy atom. The smallest absolute Gasteiger partial charge is 0.193 e. The number of aliphatic imine (C=N–C) groups is 1. The van der Waals surface area contributed by atoms with E-state index >= 15 is 0 Å². The molecule has 2 aliphatic heterocycles. The zero-order chi connectivity index (χ0) is 19.2. The Morgan fingerprint density at radius 3 is 2.74 bits per heavy atom. The maximum atomic E-state index is 5.01. The molecular formula is C20H37N7. The Morgan fingerprint density at radius 1 is 1.33 bits per heavy atom. The number of rotatable bonds is 7. The van der Waals surface area contributed by atoms with Gasteiger partial charge in [-0.1, -0.05) is 0 Å². The van der Waals surface area contributed by atoms with Crippen molar-refractivity contribution in [3.8, 4) is 0 Å². The zero-order valence-electron chi connectivity index (χ0n) is 17.6. The summed E-state index contributed by atoms with van der Waals surface area (Å²) in [7, 11) is 6.19. The monoisotopic (exact) mass is 375 g/mol. The van der Waals surface area contributed by atoms with Gasteiger partial charge in [-0.3, -0.25) is 9.67 Å². The Bertz CT molecular complexity index is 603. The van der Waals surface area contributed by atoms with Gasteiger partial charge in [-0.25, -0.2) is 0 Å². The van der Waals surface area contributed by atoms with Gasteiger partial charge >= 0.3 is 0 Å². The summed E-state index contributed by atoms with van der Waals surface area (Å²) in [6.45, 7) is 9.88. The van der Waals surface area contributed by atoms with Crippen molar-refractivity contribution >= 4 is 5.96 Å². The molecule has 0 bridgehead atoms. The largest absolute Gasteiger partial charge is 0.357 e. The second kappa shape index (κ2) is 9.55. The third-order valence-corrected chi connectivity index (χ3v) is 5.78. The highest BCUT2D eigenvalue weighted by Crippen LogP contribution is 2.21. The summed E-state index contributed by atoms with van der Waals surface area (Å²) in [5, 5.41) is 7.84. The van der Waals surface area contributed by atoms with E-state index in [4.69, 9.17) is 4.99 Å². The standard InChI is InChI=1S/C20H37N7/c1-5-21-20(22-13-19(24(2)3)18-12-23-25(4)16-18)27-11-8-17(15-27)14-26-9-6-7-10-26/h12,16-17,19H,5-11,13-15H2,1-4H3,(H,21,22). The van der Waals surface area contributed by atoms with Gasteiger partial charge in [-0.2, -0.15) is 5.10 Å². The van der Waals surface area contributed by atoms with Gasteiger partial charge in [-0.05, 0) is 59.3 Å². The molecule has 2 unspecified atom stereocenters. The molecule has 2 atom stereocenters. The molecule has 2 saturated heterocycles. The van der Waals surface area contributed by atoms with Crippen molar-refractivity contribution in [3.05, 3.63) is 18.0 Å². The lowest BCUT2D eigenvalue weighted by atomic mass is 10.1. The van der Waals surface area contributed by atoms with Crippen LogP contribution in [-0.2, 0) is 7.05 Å². The van der Waals surface area contributed by atoms with Crippen molar-refractivity contribution in [3.63, 3.8) is 0 Å². The maximum Gasteiger partial charge on any atom is 0.193 e. The fourth-order valence-electron chi connectivity index (χ4n) is 4.28. The molecule has 1 aromatic rings. The third-order valence-electron chi connectivity index (χ3n) is 5.78. The summed E-state index contributed by atoms with van der Waals surface area (Å²) < 4.78 is 1.87. The molecule has 7 heteroatoms. The van der Waals surface area contributed by atoms with Crippen LogP contribution in [0.25, 0.3) is 0 Å². The molecule has 2 aliphatic rings. The molecular weight excluding hydrogens is 338 g/mol. The van der Waals surface area contributed by atoms with Crippen LogP contribution in [0, 0.1) is 5.92 Å². The van der Waals surface area contributed by atoms with E-state index in [9.17, 15) is 0 Å². The normalized spacial score (nSPS) is 22.8. The quantitative estimate of drug-likeness (QED) is 0.577. The lowest BCUT2D eigenvalue weighted by molar-refractivity contribution is 0.280. The second-order valence-electron chi connectivity index (χ2n) is 8.23.